The summed E-state index contributed by atoms with van der Waals surface area (Å²) in [5.74, 6) is -2.68. The van der Waals surface area contributed by atoms with Crippen LogP contribution in [0, 0.1) is 28.8 Å². The van der Waals surface area contributed by atoms with Crippen molar-refractivity contribution in [2.45, 2.75) is 0 Å². The highest BCUT2D eigenvalue weighted by Gasteiger charge is 2.17. The van der Waals surface area contributed by atoms with Crippen molar-refractivity contribution in [3.05, 3.63) is 58.4 Å². The van der Waals surface area contributed by atoms with Crippen molar-refractivity contribution >= 4 is 11.6 Å². The van der Waals surface area contributed by atoms with Crippen LogP contribution in [0.4, 0.5) is 13.2 Å². The molecule has 0 fully saturated rings. The molecule has 0 N–H and O–H groups in total. The molecule has 5 heteroatoms. The second-order valence-electron chi connectivity index (χ2n) is 3.53. The van der Waals surface area contributed by atoms with Crippen LogP contribution in [0.2, 0.25) is 5.02 Å². The van der Waals surface area contributed by atoms with Gasteiger partial charge in [-0.15, -0.1) is 0 Å². The van der Waals surface area contributed by atoms with E-state index in [4.69, 9.17) is 16.9 Å². The van der Waals surface area contributed by atoms with Gasteiger partial charge in [-0.25, -0.2) is 13.2 Å². The van der Waals surface area contributed by atoms with E-state index in [2.05, 4.69) is 0 Å². The number of hydrogen-bond donors (Lipinski definition) is 0. The number of nitriles is 1. The van der Waals surface area contributed by atoms with E-state index in [0.29, 0.717) is 0 Å². The van der Waals surface area contributed by atoms with Crippen LogP contribution in [0.1, 0.15) is 5.56 Å². The quantitative estimate of drug-likeness (QED) is 0.756. The molecule has 0 amide bonds. The first-order valence-electron chi connectivity index (χ1n) is 4.88. The van der Waals surface area contributed by atoms with Gasteiger partial charge < -0.3 is 0 Å². The van der Waals surface area contributed by atoms with Gasteiger partial charge >= 0.3 is 0 Å². The Labute approximate surface area is 106 Å². The van der Waals surface area contributed by atoms with Crippen molar-refractivity contribution in [1.82, 2.24) is 0 Å². The molecule has 0 radical (unpaired) electrons. The average molecular weight is 268 g/mol. The summed E-state index contributed by atoms with van der Waals surface area (Å²) in [4.78, 5) is 0. The summed E-state index contributed by atoms with van der Waals surface area (Å²) >= 11 is 5.67. The normalized spacial score (nSPS) is 10.2. The lowest BCUT2D eigenvalue weighted by atomic mass is 10.0. The van der Waals surface area contributed by atoms with E-state index in [1.165, 1.54) is 12.1 Å². The maximum Gasteiger partial charge on any atom is 0.142 e. The minimum absolute atomic E-state index is 0.0869. The summed E-state index contributed by atoms with van der Waals surface area (Å²) in [5.41, 5.74) is -0.684. The van der Waals surface area contributed by atoms with Crippen LogP contribution in [0.3, 0.4) is 0 Å². The van der Waals surface area contributed by atoms with Crippen LogP contribution < -0.4 is 0 Å². The molecule has 0 aliphatic rings. The average Bonchev–Trinajstić information content (AvgIpc) is 2.33. The minimum Gasteiger partial charge on any atom is -0.206 e. The van der Waals surface area contributed by atoms with Crippen molar-refractivity contribution in [2.24, 2.45) is 0 Å². The summed E-state index contributed by atoms with van der Waals surface area (Å²) < 4.78 is 40.7. The number of rotatable bonds is 1. The fraction of sp³-hybridized carbons (Fsp3) is 0. The van der Waals surface area contributed by atoms with Gasteiger partial charge in [-0.05, 0) is 18.2 Å². The van der Waals surface area contributed by atoms with Crippen LogP contribution in [0.5, 0.6) is 0 Å². The predicted molar refractivity (Wildman–Crippen MR) is 61.5 cm³/mol. The molecule has 18 heavy (non-hydrogen) atoms. The lowest BCUT2D eigenvalue weighted by Gasteiger charge is -2.08. The van der Waals surface area contributed by atoms with Gasteiger partial charge in [0.25, 0.3) is 0 Å². The lowest BCUT2D eigenvalue weighted by Crippen LogP contribution is -1.94. The maximum atomic E-state index is 13.7. The summed E-state index contributed by atoms with van der Waals surface area (Å²) in [7, 11) is 0. The largest absolute Gasteiger partial charge is 0.206 e. The van der Waals surface area contributed by atoms with E-state index in [1.54, 1.807) is 6.07 Å². The molecule has 90 valence electrons. The highest BCUT2D eigenvalue weighted by molar-refractivity contribution is 6.33. The van der Waals surface area contributed by atoms with E-state index < -0.39 is 23.0 Å². The lowest BCUT2D eigenvalue weighted by molar-refractivity contribution is 0.588. The summed E-state index contributed by atoms with van der Waals surface area (Å²) in [6, 6.07) is 7.07. The van der Waals surface area contributed by atoms with Gasteiger partial charge in [0.1, 0.15) is 17.5 Å². The van der Waals surface area contributed by atoms with Crippen LogP contribution in [-0.4, -0.2) is 0 Å². The molecule has 0 saturated carbocycles. The molecule has 0 atom stereocenters. The van der Waals surface area contributed by atoms with Gasteiger partial charge in [-0.3, -0.25) is 0 Å². The Kier molecular flexibility index (Phi) is 3.26. The molecule has 1 nitrogen and oxygen atoms in total. The highest BCUT2D eigenvalue weighted by atomic mass is 35.5. The number of halogens is 4. The van der Waals surface area contributed by atoms with Gasteiger partial charge in [-0.1, -0.05) is 23.7 Å². The first kappa shape index (κ1) is 12.5. The van der Waals surface area contributed by atoms with E-state index in [-0.39, 0.29) is 16.1 Å². The predicted octanol–water partition coefficient (Wildman–Crippen LogP) is 4.30. The van der Waals surface area contributed by atoms with Gasteiger partial charge in [0, 0.05) is 5.56 Å². The third-order valence-corrected chi connectivity index (χ3v) is 2.78. The van der Waals surface area contributed by atoms with Crippen molar-refractivity contribution in [3.63, 3.8) is 0 Å². The Balaban J connectivity index is 2.73. The highest BCUT2D eigenvalue weighted by Crippen LogP contribution is 2.33. The molecular formula is C13H5ClF3N. The van der Waals surface area contributed by atoms with E-state index in [9.17, 15) is 13.2 Å². The molecule has 0 spiro atoms. The monoisotopic (exact) mass is 267 g/mol. The molecule has 2 aromatic carbocycles. The first-order valence-corrected chi connectivity index (χ1v) is 5.26. The van der Waals surface area contributed by atoms with Gasteiger partial charge in [0.15, 0.2) is 0 Å². The second-order valence-corrected chi connectivity index (χ2v) is 3.91. The number of benzene rings is 2. The Morgan fingerprint density at radius 2 is 1.61 bits per heavy atom. The van der Waals surface area contributed by atoms with Crippen LogP contribution in [-0.2, 0) is 0 Å². The molecule has 0 saturated heterocycles. The molecule has 0 aromatic heterocycles. The Morgan fingerprint density at radius 3 is 2.17 bits per heavy atom. The van der Waals surface area contributed by atoms with E-state index in [1.807, 2.05) is 0 Å². The van der Waals surface area contributed by atoms with Gasteiger partial charge in [0.05, 0.1) is 22.2 Å². The smallest absolute Gasteiger partial charge is 0.142 e. The molecule has 2 rings (SSSR count). The molecule has 0 unspecified atom stereocenters. The standard InChI is InChI=1S/C13H5ClF3N/c14-13-8(2-1-3-9(13)15)12-10(16)4-7(6-18)5-11(12)17/h1-5H. The number of nitrogens with zero attached hydrogens (tertiary/aromatic N) is 1. The Hall–Kier alpha value is -1.99. The topological polar surface area (TPSA) is 23.8 Å². The van der Waals surface area contributed by atoms with Crippen molar-refractivity contribution < 1.29 is 13.2 Å². The van der Waals surface area contributed by atoms with Crippen molar-refractivity contribution in [2.75, 3.05) is 0 Å². The first-order chi connectivity index (χ1) is 8.54. The molecule has 0 aliphatic carbocycles. The zero-order chi connectivity index (χ0) is 13.3. The number of hydrogen-bond acceptors (Lipinski definition) is 1. The zero-order valence-electron chi connectivity index (χ0n) is 8.85. The van der Waals surface area contributed by atoms with E-state index in [0.717, 1.165) is 18.2 Å². The Morgan fingerprint density at radius 1 is 1.00 bits per heavy atom. The third kappa shape index (κ3) is 2.05. The van der Waals surface area contributed by atoms with Crippen molar-refractivity contribution in [3.8, 4) is 17.2 Å². The van der Waals surface area contributed by atoms with Gasteiger partial charge in [0.2, 0.25) is 0 Å². The molecule has 2 aromatic rings. The fourth-order valence-corrected chi connectivity index (χ4v) is 1.81. The summed E-state index contributed by atoms with van der Waals surface area (Å²) in [6.45, 7) is 0. The molecular weight excluding hydrogens is 263 g/mol. The van der Waals surface area contributed by atoms with Crippen LogP contribution in [0.25, 0.3) is 11.1 Å². The molecule has 0 bridgehead atoms. The third-order valence-electron chi connectivity index (χ3n) is 2.39. The molecule has 0 heterocycles. The van der Waals surface area contributed by atoms with Gasteiger partial charge in [-0.2, -0.15) is 5.26 Å². The Bertz CT molecular complexity index is 639. The zero-order valence-corrected chi connectivity index (χ0v) is 9.60. The summed E-state index contributed by atoms with van der Waals surface area (Å²) in [5, 5.41) is 8.22. The van der Waals surface area contributed by atoms with Crippen molar-refractivity contribution in [1.29, 1.82) is 5.26 Å². The molecule has 0 aliphatic heterocycles. The van der Waals surface area contributed by atoms with E-state index >= 15 is 0 Å². The van der Waals surface area contributed by atoms with Crippen LogP contribution in [0.15, 0.2) is 30.3 Å². The SMILES string of the molecule is N#Cc1cc(F)c(-c2cccc(F)c2Cl)c(F)c1. The minimum atomic E-state index is -0.959. The fourth-order valence-electron chi connectivity index (χ4n) is 1.59. The summed E-state index contributed by atoms with van der Waals surface area (Å²) in [6.07, 6.45) is 0. The maximum absolute atomic E-state index is 13.7. The second kappa shape index (κ2) is 4.71. The van der Waals surface area contributed by atoms with Crippen LogP contribution >= 0.6 is 11.6 Å².